The molecule has 106 valence electrons. The topological polar surface area (TPSA) is 75.7 Å². The zero-order chi connectivity index (χ0) is 14.9. The van der Waals surface area contributed by atoms with Crippen molar-refractivity contribution in [2.45, 2.75) is 12.5 Å². The Morgan fingerprint density at radius 2 is 2.05 bits per heavy atom. The van der Waals surface area contributed by atoms with Crippen LogP contribution in [0.15, 0.2) is 24.3 Å². The van der Waals surface area contributed by atoms with E-state index in [-0.39, 0.29) is 0 Å². The van der Waals surface area contributed by atoms with E-state index in [1.54, 1.807) is 31.2 Å². The lowest BCUT2D eigenvalue weighted by Gasteiger charge is -2.23. The molecule has 1 saturated heterocycles. The molecule has 1 unspecified atom stereocenters. The Morgan fingerprint density at radius 3 is 2.65 bits per heavy atom. The normalized spacial score (nSPS) is 21.9. The van der Waals surface area contributed by atoms with E-state index in [4.69, 9.17) is 11.6 Å². The van der Waals surface area contributed by atoms with Gasteiger partial charge in [0, 0.05) is 10.6 Å². The summed E-state index contributed by atoms with van der Waals surface area (Å²) in [6.07, 6.45) is 0. The predicted molar refractivity (Wildman–Crippen MR) is 71.1 cm³/mol. The van der Waals surface area contributed by atoms with Crippen LogP contribution < -0.4 is 5.32 Å². The van der Waals surface area contributed by atoms with Crippen LogP contribution in [0, 0.1) is 0 Å². The number of amides is 3. The minimum absolute atomic E-state index is 0.364. The Balaban J connectivity index is 2.36. The molecule has 1 fully saturated rings. The van der Waals surface area contributed by atoms with Gasteiger partial charge in [0.05, 0.1) is 7.11 Å². The molecule has 1 atom stereocenters. The van der Waals surface area contributed by atoms with Gasteiger partial charge in [0.15, 0.2) is 0 Å². The van der Waals surface area contributed by atoms with Crippen molar-refractivity contribution in [2.75, 3.05) is 13.7 Å². The molecule has 0 aliphatic carbocycles. The molecule has 0 spiro atoms. The number of methoxy groups -OCH3 is 1. The van der Waals surface area contributed by atoms with E-state index in [0.717, 1.165) is 4.90 Å². The van der Waals surface area contributed by atoms with Gasteiger partial charge in [-0.3, -0.25) is 14.5 Å². The average molecular weight is 297 g/mol. The van der Waals surface area contributed by atoms with Crippen LogP contribution in [-0.4, -0.2) is 36.5 Å². The van der Waals surface area contributed by atoms with Gasteiger partial charge in [0.2, 0.25) is 0 Å². The summed E-state index contributed by atoms with van der Waals surface area (Å²) in [6.45, 7) is 1.12. The average Bonchev–Trinajstić information content (AvgIpc) is 2.63. The lowest BCUT2D eigenvalue weighted by atomic mass is 9.92. The van der Waals surface area contributed by atoms with Gasteiger partial charge in [-0.25, -0.2) is 4.79 Å². The van der Waals surface area contributed by atoms with Crippen molar-refractivity contribution in [3.63, 3.8) is 0 Å². The molecule has 0 saturated carbocycles. The largest absolute Gasteiger partial charge is 0.468 e. The number of imide groups is 1. The molecule has 1 aromatic carbocycles. The number of benzene rings is 1. The Labute approximate surface area is 120 Å². The summed E-state index contributed by atoms with van der Waals surface area (Å²) in [7, 11) is 1.19. The maximum absolute atomic E-state index is 12.4. The number of hydrogen-bond acceptors (Lipinski definition) is 4. The zero-order valence-electron chi connectivity index (χ0n) is 11.0. The van der Waals surface area contributed by atoms with Crippen molar-refractivity contribution in [1.82, 2.24) is 10.2 Å². The first-order valence-corrected chi connectivity index (χ1v) is 6.24. The number of carbonyl (C=O) groups is 3. The van der Waals surface area contributed by atoms with Gasteiger partial charge in [-0.05, 0) is 13.0 Å². The van der Waals surface area contributed by atoms with Gasteiger partial charge < -0.3 is 10.1 Å². The number of nitrogens with one attached hydrogen (secondary N) is 1. The fourth-order valence-corrected chi connectivity index (χ4v) is 2.41. The van der Waals surface area contributed by atoms with Crippen LogP contribution in [0.2, 0.25) is 5.02 Å². The van der Waals surface area contributed by atoms with Crippen molar-refractivity contribution in [3.05, 3.63) is 34.9 Å². The van der Waals surface area contributed by atoms with Crippen LogP contribution >= 0.6 is 11.6 Å². The molecule has 0 bridgehead atoms. The second-order valence-corrected chi connectivity index (χ2v) is 4.91. The third kappa shape index (κ3) is 2.22. The summed E-state index contributed by atoms with van der Waals surface area (Å²) < 4.78 is 4.47. The van der Waals surface area contributed by atoms with Crippen LogP contribution in [-0.2, 0) is 19.9 Å². The standard InChI is InChI=1S/C13H13ClN2O4/c1-13(8-5-3-4-6-9(8)14)11(18)16(12(19)15-13)7-10(17)20-2/h3-6H,7H2,1-2H3,(H,15,19). The maximum atomic E-state index is 12.4. The van der Waals surface area contributed by atoms with Crippen LogP contribution in [0.4, 0.5) is 4.79 Å². The lowest BCUT2D eigenvalue weighted by Crippen LogP contribution is -2.41. The summed E-state index contributed by atoms with van der Waals surface area (Å²) in [4.78, 5) is 36.4. The molecule has 3 amide bonds. The van der Waals surface area contributed by atoms with Gasteiger partial charge in [0.25, 0.3) is 5.91 Å². The summed E-state index contributed by atoms with van der Waals surface area (Å²) >= 11 is 6.07. The van der Waals surface area contributed by atoms with Crippen molar-refractivity contribution in [3.8, 4) is 0 Å². The molecule has 1 aliphatic rings. The van der Waals surface area contributed by atoms with E-state index < -0.39 is 30.0 Å². The number of hydrogen-bond donors (Lipinski definition) is 1. The Morgan fingerprint density at radius 1 is 1.40 bits per heavy atom. The molecule has 20 heavy (non-hydrogen) atoms. The Kier molecular flexibility index (Phi) is 3.67. The van der Waals surface area contributed by atoms with E-state index >= 15 is 0 Å². The van der Waals surface area contributed by atoms with Crippen LogP contribution in [0.3, 0.4) is 0 Å². The van der Waals surface area contributed by atoms with Crippen molar-refractivity contribution in [2.24, 2.45) is 0 Å². The first-order valence-electron chi connectivity index (χ1n) is 5.86. The van der Waals surface area contributed by atoms with Crippen molar-refractivity contribution >= 4 is 29.5 Å². The molecule has 1 heterocycles. The van der Waals surface area contributed by atoms with E-state index in [9.17, 15) is 14.4 Å². The number of esters is 1. The summed E-state index contributed by atoms with van der Waals surface area (Å²) in [5.41, 5.74) is -0.809. The van der Waals surface area contributed by atoms with Crippen LogP contribution in [0.5, 0.6) is 0 Å². The monoisotopic (exact) mass is 296 g/mol. The molecular formula is C13H13ClN2O4. The molecule has 2 rings (SSSR count). The highest BCUT2D eigenvalue weighted by Crippen LogP contribution is 2.33. The number of carbonyl (C=O) groups excluding carboxylic acids is 3. The highest BCUT2D eigenvalue weighted by atomic mass is 35.5. The second kappa shape index (κ2) is 5.13. The van der Waals surface area contributed by atoms with Gasteiger partial charge in [-0.1, -0.05) is 29.8 Å². The third-order valence-electron chi connectivity index (χ3n) is 3.20. The predicted octanol–water partition coefficient (Wildman–Crippen LogP) is 1.28. The van der Waals surface area contributed by atoms with Gasteiger partial charge in [-0.15, -0.1) is 0 Å². The highest BCUT2D eigenvalue weighted by molar-refractivity contribution is 6.32. The fourth-order valence-electron chi connectivity index (χ4n) is 2.08. The molecule has 1 aliphatic heterocycles. The highest BCUT2D eigenvalue weighted by Gasteiger charge is 2.50. The summed E-state index contributed by atoms with van der Waals surface area (Å²) in [5, 5.41) is 2.93. The van der Waals surface area contributed by atoms with E-state index in [2.05, 4.69) is 10.1 Å². The Bertz CT molecular complexity index is 589. The molecule has 0 radical (unpaired) electrons. The smallest absolute Gasteiger partial charge is 0.325 e. The van der Waals surface area contributed by atoms with Gasteiger partial charge in [0.1, 0.15) is 12.1 Å². The number of halogens is 1. The first kappa shape index (κ1) is 14.3. The number of ether oxygens (including phenoxy) is 1. The molecule has 1 aromatic rings. The molecule has 6 nitrogen and oxygen atoms in total. The Hall–Kier alpha value is -2.08. The fraction of sp³-hybridized carbons (Fsp3) is 0.308. The number of nitrogens with zero attached hydrogens (tertiary/aromatic N) is 1. The van der Waals surface area contributed by atoms with E-state index in [1.807, 2.05) is 0 Å². The molecular weight excluding hydrogens is 284 g/mol. The number of rotatable bonds is 3. The second-order valence-electron chi connectivity index (χ2n) is 4.50. The SMILES string of the molecule is COC(=O)CN1C(=O)NC(C)(c2ccccc2Cl)C1=O. The minimum Gasteiger partial charge on any atom is -0.468 e. The molecule has 0 aromatic heterocycles. The van der Waals surface area contributed by atoms with Crippen molar-refractivity contribution < 1.29 is 19.1 Å². The van der Waals surface area contributed by atoms with E-state index in [1.165, 1.54) is 7.11 Å². The lowest BCUT2D eigenvalue weighted by molar-refractivity contribution is -0.145. The zero-order valence-corrected chi connectivity index (χ0v) is 11.7. The molecule has 7 heteroatoms. The summed E-state index contributed by atoms with van der Waals surface area (Å²) in [6, 6.07) is 6.08. The molecule has 1 N–H and O–H groups in total. The first-order chi connectivity index (χ1) is 9.40. The number of urea groups is 1. The van der Waals surface area contributed by atoms with Gasteiger partial charge >= 0.3 is 12.0 Å². The van der Waals surface area contributed by atoms with Crippen LogP contribution in [0.1, 0.15) is 12.5 Å². The van der Waals surface area contributed by atoms with Gasteiger partial charge in [-0.2, -0.15) is 0 Å². The summed E-state index contributed by atoms with van der Waals surface area (Å²) in [5.74, 6) is -1.21. The van der Waals surface area contributed by atoms with Crippen molar-refractivity contribution in [1.29, 1.82) is 0 Å². The van der Waals surface area contributed by atoms with E-state index in [0.29, 0.717) is 10.6 Å². The quantitative estimate of drug-likeness (QED) is 0.673. The third-order valence-corrected chi connectivity index (χ3v) is 3.53. The van der Waals surface area contributed by atoms with Crippen LogP contribution in [0.25, 0.3) is 0 Å². The minimum atomic E-state index is -1.29. The maximum Gasteiger partial charge on any atom is 0.325 e.